The molecular formula is C8H18N2OS. The maximum absolute atomic E-state index is 10.9. The minimum absolute atomic E-state index is 0.236. The Balaban J connectivity index is 2.34. The van der Waals surface area contributed by atoms with Gasteiger partial charge in [0.1, 0.15) is 0 Å². The van der Waals surface area contributed by atoms with E-state index in [1.807, 2.05) is 0 Å². The van der Waals surface area contributed by atoms with Gasteiger partial charge in [-0.1, -0.05) is 0 Å². The molecule has 0 aromatic heterocycles. The molecule has 12 heavy (non-hydrogen) atoms. The number of hydrogen-bond acceptors (Lipinski definition) is 2. The molecule has 0 aromatic rings. The molecule has 1 unspecified atom stereocenters. The fraction of sp³-hybridized carbons (Fsp3) is 1.00. The fourth-order valence-corrected chi connectivity index (χ4v) is 2.30. The Labute approximate surface area is 76.9 Å². The maximum atomic E-state index is 10.9. The molecule has 0 aliphatic carbocycles. The van der Waals surface area contributed by atoms with Crippen LogP contribution in [-0.4, -0.2) is 33.5 Å². The van der Waals surface area contributed by atoms with Crippen molar-refractivity contribution < 1.29 is 4.21 Å². The summed E-state index contributed by atoms with van der Waals surface area (Å²) in [4.78, 5) is 2.41. The number of likely N-dealkylation sites (tertiary alicyclic amines) is 1. The Morgan fingerprint density at radius 2 is 1.92 bits per heavy atom. The molecule has 1 heterocycles. The van der Waals surface area contributed by atoms with Crippen molar-refractivity contribution in [3.8, 4) is 0 Å². The first-order valence-corrected chi connectivity index (χ1v) is 5.78. The van der Waals surface area contributed by atoms with Crippen molar-refractivity contribution in [1.29, 1.82) is 0 Å². The van der Waals surface area contributed by atoms with Gasteiger partial charge in [-0.15, -0.1) is 0 Å². The lowest BCUT2D eigenvalue weighted by Gasteiger charge is -2.33. The van der Waals surface area contributed by atoms with Crippen LogP contribution in [0.1, 0.15) is 26.7 Å². The summed E-state index contributed by atoms with van der Waals surface area (Å²) in [5.74, 6) is 0. The third-order valence-corrected chi connectivity index (χ3v) is 3.66. The molecule has 1 aliphatic heterocycles. The van der Waals surface area contributed by atoms with E-state index in [2.05, 4.69) is 18.7 Å². The highest BCUT2D eigenvalue weighted by Gasteiger charge is 2.23. The van der Waals surface area contributed by atoms with Crippen LogP contribution >= 0.6 is 0 Å². The normalized spacial score (nSPS) is 24.7. The van der Waals surface area contributed by atoms with Crippen LogP contribution < -0.4 is 5.14 Å². The van der Waals surface area contributed by atoms with E-state index in [9.17, 15) is 4.21 Å². The van der Waals surface area contributed by atoms with Crippen molar-refractivity contribution in [2.45, 2.75) is 38.0 Å². The Hall–Kier alpha value is 0.0700. The highest BCUT2D eigenvalue weighted by atomic mass is 32.2. The largest absolute Gasteiger partial charge is 0.301 e. The number of piperidine rings is 1. The van der Waals surface area contributed by atoms with Gasteiger partial charge in [0, 0.05) is 6.04 Å². The fourth-order valence-electron chi connectivity index (χ4n) is 1.62. The second kappa shape index (κ2) is 4.35. The summed E-state index contributed by atoms with van der Waals surface area (Å²) >= 11 is 0. The zero-order valence-electron chi connectivity index (χ0n) is 7.82. The lowest BCUT2D eigenvalue weighted by atomic mass is 10.1. The van der Waals surface area contributed by atoms with E-state index >= 15 is 0 Å². The molecule has 0 radical (unpaired) electrons. The smallest absolute Gasteiger partial charge is 0.0920 e. The molecule has 72 valence electrons. The zero-order valence-corrected chi connectivity index (χ0v) is 8.64. The number of nitrogens with zero attached hydrogens (tertiary/aromatic N) is 1. The third kappa shape index (κ3) is 2.54. The average Bonchev–Trinajstić information content (AvgIpc) is 2.04. The van der Waals surface area contributed by atoms with Crippen molar-refractivity contribution in [1.82, 2.24) is 4.90 Å². The topological polar surface area (TPSA) is 46.3 Å². The van der Waals surface area contributed by atoms with E-state index in [1.54, 1.807) is 0 Å². The molecule has 1 aliphatic rings. The van der Waals surface area contributed by atoms with Crippen molar-refractivity contribution in [3.63, 3.8) is 0 Å². The highest BCUT2D eigenvalue weighted by molar-refractivity contribution is 7.83. The van der Waals surface area contributed by atoms with E-state index in [1.165, 1.54) is 0 Å². The minimum atomic E-state index is -1.11. The van der Waals surface area contributed by atoms with Gasteiger partial charge in [-0.25, -0.2) is 4.21 Å². The monoisotopic (exact) mass is 190 g/mol. The Bertz CT molecular complexity index is 164. The van der Waals surface area contributed by atoms with Gasteiger partial charge in [0.2, 0.25) is 0 Å². The molecule has 1 saturated heterocycles. The first-order valence-electron chi connectivity index (χ1n) is 4.50. The van der Waals surface area contributed by atoms with Crippen LogP contribution in [0, 0.1) is 0 Å². The summed E-state index contributed by atoms with van der Waals surface area (Å²) in [7, 11) is -1.11. The van der Waals surface area contributed by atoms with Gasteiger partial charge in [0.05, 0.1) is 16.2 Å². The molecule has 4 heteroatoms. The number of nitrogens with two attached hydrogens (primary N) is 1. The number of rotatable bonds is 2. The Morgan fingerprint density at radius 3 is 2.25 bits per heavy atom. The molecule has 2 N–H and O–H groups in total. The van der Waals surface area contributed by atoms with E-state index in [0.29, 0.717) is 6.04 Å². The molecular weight excluding hydrogens is 172 g/mol. The lowest BCUT2D eigenvalue weighted by Crippen LogP contribution is -2.42. The molecule has 1 fully saturated rings. The van der Waals surface area contributed by atoms with Crippen molar-refractivity contribution in [2.24, 2.45) is 5.14 Å². The Morgan fingerprint density at radius 1 is 1.42 bits per heavy atom. The quantitative estimate of drug-likeness (QED) is 0.688. The van der Waals surface area contributed by atoms with Gasteiger partial charge >= 0.3 is 0 Å². The van der Waals surface area contributed by atoms with Gasteiger partial charge < -0.3 is 4.90 Å². The van der Waals surface area contributed by atoms with Crippen molar-refractivity contribution >= 4 is 11.0 Å². The van der Waals surface area contributed by atoms with Gasteiger partial charge in [0.25, 0.3) is 0 Å². The summed E-state index contributed by atoms with van der Waals surface area (Å²) in [5.41, 5.74) is 0. The summed E-state index contributed by atoms with van der Waals surface area (Å²) < 4.78 is 10.9. The van der Waals surface area contributed by atoms with Crippen molar-refractivity contribution in [2.75, 3.05) is 13.1 Å². The molecule has 0 saturated carbocycles. The predicted molar refractivity (Wildman–Crippen MR) is 52.1 cm³/mol. The van der Waals surface area contributed by atoms with E-state index in [-0.39, 0.29) is 5.25 Å². The van der Waals surface area contributed by atoms with Crippen LogP contribution in [0.15, 0.2) is 0 Å². The molecule has 0 aromatic carbocycles. The summed E-state index contributed by atoms with van der Waals surface area (Å²) in [6, 6.07) is 0.608. The third-order valence-electron chi connectivity index (χ3n) is 2.54. The molecule has 0 spiro atoms. The molecule has 0 amide bonds. The van der Waals surface area contributed by atoms with Crippen molar-refractivity contribution in [3.05, 3.63) is 0 Å². The molecule has 0 bridgehead atoms. The van der Waals surface area contributed by atoms with Crippen LogP contribution in [0.2, 0.25) is 0 Å². The minimum Gasteiger partial charge on any atom is -0.301 e. The summed E-state index contributed by atoms with van der Waals surface area (Å²) in [6.07, 6.45) is 1.97. The van der Waals surface area contributed by atoms with Gasteiger partial charge in [-0.3, -0.25) is 5.14 Å². The highest BCUT2D eigenvalue weighted by Crippen LogP contribution is 2.15. The van der Waals surface area contributed by atoms with Crippen LogP contribution in [0.5, 0.6) is 0 Å². The Kier molecular flexibility index (Phi) is 3.68. The summed E-state index contributed by atoms with van der Waals surface area (Å²) in [5, 5.41) is 5.58. The predicted octanol–water partition coefficient (Wildman–Crippen LogP) is 0.482. The lowest BCUT2D eigenvalue weighted by molar-refractivity contribution is 0.187. The molecule has 1 atom stereocenters. The van der Waals surface area contributed by atoms with Crippen LogP contribution in [0.3, 0.4) is 0 Å². The second-order valence-electron chi connectivity index (χ2n) is 3.66. The second-order valence-corrected chi connectivity index (χ2v) is 4.98. The van der Waals surface area contributed by atoms with Gasteiger partial charge in [-0.2, -0.15) is 0 Å². The standard InChI is InChI=1S/C8H18N2OS/c1-7(2)10-5-3-8(4-6-10)12(9)11/h7-8H,3-6,9H2,1-2H3. The SMILES string of the molecule is CC(C)N1CCC(S(N)=O)CC1. The number of hydrogen-bond donors (Lipinski definition) is 1. The van der Waals surface area contributed by atoms with Crippen LogP contribution in [-0.2, 0) is 11.0 Å². The van der Waals surface area contributed by atoms with E-state index < -0.39 is 11.0 Å². The first kappa shape index (κ1) is 10.2. The molecule has 1 rings (SSSR count). The summed E-state index contributed by atoms with van der Waals surface area (Å²) in [6.45, 7) is 6.48. The zero-order chi connectivity index (χ0) is 9.14. The van der Waals surface area contributed by atoms with Crippen LogP contribution in [0.25, 0.3) is 0 Å². The van der Waals surface area contributed by atoms with Gasteiger partial charge in [0.15, 0.2) is 0 Å². The molecule has 3 nitrogen and oxygen atoms in total. The van der Waals surface area contributed by atoms with E-state index in [4.69, 9.17) is 5.14 Å². The maximum Gasteiger partial charge on any atom is 0.0920 e. The van der Waals surface area contributed by atoms with Crippen LogP contribution in [0.4, 0.5) is 0 Å². The van der Waals surface area contributed by atoms with Gasteiger partial charge in [-0.05, 0) is 39.8 Å². The van der Waals surface area contributed by atoms with E-state index in [0.717, 1.165) is 25.9 Å². The average molecular weight is 190 g/mol. The first-order chi connectivity index (χ1) is 5.61.